The van der Waals surface area contributed by atoms with Gasteiger partial charge in [0.05, 0.1) is 5.56 Å². The number of para-hydroxylation sites is 1. The van der Waals surface area contributed by atoms with Crippen molar-refractivity contribution in [2.75, 3.05) is 26.2 Å². The molecule has 3 heterocycles. The van der Waals surface area contributed by atoms with E-state index in [0.717, 1.165) is 29.6 Å². The number of carbonyl (C=O) groups excluding carboxylic acids is 1. The first-order valence-corrected chi connectivity index (χ1v) is 8.72. The molecular formula is C19H25N3O. The minimum Gasteiger partial charge on any atom is -0.351 e. The van der Waals surface area contributed by atoms with Crippen LogP contribution in [0.5, 0.6) is 0 Å². The number of carbonyl (C=O) groups is 1. The number of nitrogens with zero attached hydrogens (tertiary/aromatic N) is 2. The third-order valence-corrected chi connectivity index (χ3v) is 5.69. The average molecular weight is 311 g/mol. The molecule has 2 aromatic rings. The molecule has 4 rings (SSSR count). The van der Waals surface area contributed by atoms with E-state index in [1.807, 2.05) is 36.0 Å². The predicted octanol–water partition coefficient (Wildman–Crippen LogP) is 2.78. The van der Waals surface area contributed by atoms with E-state index in [1.165, 1.54) is 38.8 Å². The molecule has 2 aliphatic rings. The number of hydrogen-bond donors (Lipinski definition) is 1. The van der Waals surface area contributed by atoms with E-state index >= 15 is 0 Å². The molecule has 23 heavy (non-hydrogen) atoms. The number of benzene rings is 1. The molecule has 4 heteroatoms. The molecule has 0 unspecified atom stereocenters. The number of nitrogens with one attached hydrogen (secondary N) is 1. The maximum atomic E-state index is 12.7. The zero-order chi connectivity index (χ0) is 15.9. The van der Waals surface area contributed by atoms with E-state index < -0.39 is 0 Å². The number of rotatable bonds is 3. The van der Waals surface area contributed by atoms with Crippen molar-refractivity contribution in [3.63, 3.8) is 0 Å². The highest BCUT2D eigenvalue weighted by atomic mass is 16.1. The third kappa shape index (κ3) is 2.65. The highest BCUT2D eigenvalue weighted by Crippen LogP contribution is 2.37. The van der Waals surface area contributed by atoms with Crippen molar-refractivity contribution in [1.82, 2.24) is 14.8 Å². The van der Waals surface area contributed by atoms with Crippen molar-refractivity contribution in [2.24, 2.45) is 12.5 Å². The summed E-state index contributed by atoms with van der Waals surface area (Å²) >= 11 is 0. The molecule has 0 aliphatic carbocycles. The molecule has 2 saturated heterocycles. The molecule has 1 aromatic carbocycles. The van der Waals surface area contributed by atoms with Crippen LogP contribution < -0.4 is 5.32 Å². The van der Waals surface area contributed by atoms with Gasteiger partial charge in [0.2, 0.25) is 0 Å². The van der Waals surface area contributed by atoms with Crippen molar-refractivity contribution in [3.8, 4) is 0 Å². The van der Waals surface area contributed by atoms with Crippen LogP contribution >= 0.6 is 0 Å². The van der Waals surface area contributed by atoms with E-state index in [4.69, 9.17) is 0 Å². The van der Waals surface area contributed by atoms with Gasteiger partial charge >= 0.3 is 0 Å². The van der Waals surface area contributed by atoms with E-state index in [-0.39, 0.29) is 5.91 Å². The lowest BCUT2D eigenvalue weighted by Crippen LogP contribution is -2.52. The van der Waals surface area contributed by atoms with Gasteiger partial charge in [-0.3, -0.25) is 4.79 Å². The molecule has 0 saturated carbocycles. The molecule has 2 fully saturated rings. The molecule has 2 aliphatic heterocycles. The maximum absolute atomic E-state index is 12.7. The Morgan fingerprint density at radius 2 is 1.96 bits per heavy atom. The van der Waals surface area contributed by atoms with Gasteiger partial charge in [-0.05, 0) is 44.8 Å². The van der Waals surface area contributed by atoms with Crippen molar-refractivity contribution in [3.05, 3.63) is 36.0 Å². The second-order valence-electron chi connectivity index (χ2n) is 7.34. The Kier molecular flexibility index (Phi) is 3.64. The second-order valence-corrected chi connectivity index (χ2v) is 7.34. The SMILES string of the molecule is Cn1cc(C(=O)NCC23CCCN(CCC2)C3)c2ccccc21. The van der Waals surface area contributed by atoms with Gasteiger partial charge in [0.1, 0.15) is 0 Å². The quantitative estimate of drug-likeness (QED) is 0.946. The van der Waals surface area contributed by atoms with Gasteiger partial charge < -0.3 is 14.8 Å². The number of fused-ring (bicyclic) bond motifs is 3. The van der Waals surface area contributed by atoms with Crippen LogP contribution in [0.15, 0.2) is 30.5 Å². The van der Waals surface area contributed by atoms with Gasteiger partial charge in [0.25, 0.3) is 5.91 Å². The van der Waals surface area contributed by atoms with Gasteiger partial charge in [0, 0.05) is 42.7 Å². The lowest BCUT2D eigenvalue weighted by molar-refractivity contribution is 0.0370. The largest absolute Gasteiger partial charge is 0.351 e. The van der Waals surface area contributed by atoms with Crippen molar-refractivity contribution < 1.29 is 4.79 Å². The van der Waals surface area contributed by atoms with Crippen LogP contribution in [0, 0.1) is 5.41 Å². The number of amides is 1. The number of aromatic nitrogens is 1. The van der Waals surface area contributed by atoms with E-state index in [1.54, 1.807) is 0 Å². The lowest BCUT2D eigenvalue weighted by Gasteiger charge is -2.47. The fourth-order valence-electron chi connectivity index (χ4n) is 4.50. The third-order valence-electron chi connectivity index (χ3n) is 5.69. The summed E-state index contributed by atoms with van der Waals surface area (Å²) in [6.45, 7) is 4.44. The number of hydrogen-bond acceptors (Lipinski definition) is 2. The van der Waals surface area contributed by atoms with Gasteiger partial charge in [-0.15, -0.1) is 0 Å². The fraction of sp³-hybridized carbons (Fsp3) is 0.526. The van der Waals surface area contributed by atoms with Crippen molar-refractivity contribution in [2.45, 2.75) is 25.7 Å². The Morgan fingerprint density at radius 1 is 1.22 bits per heavy atom. The van der Waals surface area contributed by atoms with Crippen molar-refractivity contribution >= 4 is 16.8 Å². The summed E-state index contributed by atoms with van der Waals surface area (Å²) in [4.78, 5) is 15.3. The minimum absolute atomic E-state index is 0.0684. The topological polar surface area (TPSA) is 37.3 Å². The highest BCUT2D eigenvalue weighted by Gasteiger charge is 2.38. The summed E-state index contributed by atoms with van der Waals surface area (Å²) in [5.74, 6) is 0.0684. The molecule has 1 amide bonds. The first-order chi connectivity index (χ1) is 11.2. The van der Waals surface area contributed by atoms with Crippen molar-refractivity contribution in [1.29, 1.82) is 0 Å². The minimum atomic E-state index is 0.0684. The summed E-state index contributed by atoms with van der Waals surface area (Å²) in [6, 6.07) is 8.11. The zero-order valence-electron chi connectivity index (χ0n) is 13.8. The molecule has 0 radical (unpaired) electrons. The molecule has 1 aromatic heterocycles. The molecule has 0 spiro atoms. The van der Waals surface area contributed by atoms with Gasteiger partial charge in [0.15, 0.2) is 0 Å². The Labute approximate surface area is 137 Å². The van der Waals surface area contributed by atoms with Crippen LogP contribution in [-0.4, -0.2) is 41.6 Å². The summed E-state index contributed by atoms with van der Waals surface area (Å²) in [5, 5.41) is 4.28. The van der Waals surface area contributed by atoms with Gasteiger partial charge in [-0.1, -0.05) is 18.2 Å². The van der Waals surface area contributed by atoms with Crippen LogP contribution in [0.3, 0.4) is 0 Å². The van der Waals surface area contributed by atoms with Gasteiger partial charge in [-0.2, -0.15) is 0 Å². The van der Waals surface area contributed by atoms with Crippen LogP contribution in [0.1, 0.15) is 36.0 Å². The van der Waals surface area contributed by atoms with E-state index in [2.05, 4.69) is 16.3 Å². The monoisotopic (exact) mass is 311 g/mol. The standard InChI is InChI=1S/C19H25N3O/c1-21-12-16(15-6-2-3-7-17(15)21)18(23)20-13-19-8-4-10-22(14-19)11-5-9-19/h2-3,6-7,12H,4-5,8-11,13-14H2,1H3,(H,20,23). The van der Waals surface area contributed by atoms with Crippen LogP contribution in [-0.2, 0) is 7.05 Å². The summed E-state index contributed by atoms with van der Waals surface area (Å²) < 4.78 is 2.03. The van der Waals surface area contributed by atoms with E-state index in [9.17, 15) is 4.79 Å². The first-order valence-electron chi connectivity index (χ1n) is 8.72. The second kappa shape index (κ2) is 5.68. The first kappa shape index (κ1) is 14.8. The summed E-state index contributed by atoms with van der Waals surface area (Å²) in [7, 11) is 2.00. The van der Waals surface area contributed by atoms with Gasteiger partial charge in [-0.25, -0.2) is 0 Å². The highest BCUT2D eigenvalue weighted by molar-refractivity contribution is 6.06. The van der Waals surface area contributed by atoms with Crippen LogP contribution in [0.25, 0.3) is 10.9 Å². The van der Waals surface area contributed by atoms with E-state index in [0.29, 0.717) is 5.41 Å². The Hall–Kier alpha value is -1.81. The Morgan fingerprint density at radius 3 is 2.74 bits per heavy atom. The Balaban J connectivity index is 1.51. The average Bonchev–Trinajstić information content (AvgIpc) is 2.90. The smallest absolute Gasteiger partial charge is 0.253 e. The maximum Gasteiger partial charge on any atom is 0.253 e. The molecule has 0 atom stereocenters. The lowest BCUT2D eigenvalue weighted by atomic mass is 9.73. The summed E-state index contributed by atoms with van der Waals surface area (Å²) in [5.41, 5.74) is 2.21. The van der Waals surface area contributed by atoms with Crippen LogP contribution in [0.2, 0.25) is 0 Å². The number of aryl methyl sites for hydroxylation is 1. The molecular weight excluding hydrogens is 286 g/mol. The van der Waals surface area contributed by atoms with Crippen LogP contribution in [0.4, 0.5) is 0 Å². The zero-order valence-corrected chi connectivity index (χ0v) is 13.8. The molecule has 1 N–H and O–H groups in total. The molecule has 4 nitrogen and oxygen atoms in total. The summed E-state index contributed by atoms with van der Waals surface area (Å²) in [6.07, 6.45) is 6.98. The normalized spacial score (nSPS) is 27.1. The molecule has 122 valence electrons. The number of piperidine rings is 2. The predicted molar refractivity (Wildman–Crippen MR) is 92.6 cm³/mol. The fourth-order valence-corrected chi connectivity index (χ4v) is 4.50. The molecule has 2 bridgehead atoms. The Bertz CT molecular complexity index is 723.